The number of aromatic nitrogens is 1. The summed E-state index contributed by atoms with van der Waals surface area (Å²) in [4.78, 5) is 15.0. The van der Waals surface area contributed by atoms with E-state index in [1.54, 1.807) is 12.3 Å². The van der Waals surface area contributed by atoms with E-state index in [-0.39, 0.29) is 5.41 Å². The molecule has 0 unspecified atom stereocenters. The molecule has 1 aromatic rings. The molecule has 0 spiro atoms. The molecule has 0 radical (unpaired) electrons. The second-order valence-electron chi connectivity index (χ2n) is 4.69. The molecule has 1 saturated carbocycles. The van der Waals surface area contributed by atoms with E-state index in [1.807, 2.05) is 0 Å². The standard InChI is InChI=1S/C12H16N2O2/c1-12(4-2-5-12)8-16-10-3-6-14-7-9(10)11(13)15/h3,6-7H,2,4-5,8H2,1H3,(H2,13,15). The zero-order chi connectivity index (χ0) is 11.6. The van der Waals surface area contributed by atoms with Gasteiger partial charge in [0.1, 0.15) is 5.75 Å². The maximum atomic E-state index is 11.1. The number of carbonyl (C=O) groups is 1. The molecular formula is C12H16N2O2. The molecule has 0 bridgehead atoms. The summed E-state index contributed by atoms with van der Waals surface area (Å²) in [7, 11) is 0. The highest BCUT2D eigenvalue weighted by atomic mass is 16.5. The van der Waals surface area contributed by atoms with Crippen LogP contribution in [0.4, 0.5) is 0 Å². The summed E-state index contributed by atoms with van der Waals surface area (Å²) >= 11 is 0. The van der Waals surface area contributed by atoms with Crippen molar-refractivity contribution < 1.29 is 9.53 Å². The van der Waals surface area contributed by atoms with Gasteiger partial charge >= 0.3 is 0 Å². The van der Waals surface area contributed by atoms with Crippen molar-refractivity contribution in [2.45, 2.75) is 26.2 Å². The van der Waals surface area contributed by atoms with Gasteiger partial charge in [0, 0.05) is 17.8 Å². The van der Waals surface area contributed by atoms with Crippen LogP contribution in [0.15, 0.2) is 18.5 Å². The predicted molar refractivity (Wildman–Crippen MR) is 60.2 cm³/mol. The number of amides is 1. The van der Waals surface area contributed by atoms with Crippen LogP contribution in [0.3, 0.4) is 0 Å². The van der Waals surface area contributed by atoms with E-state index in [0.717, 1.165) is 0 Å². The fourth-order valence-electron chi connectivity index (χ4n) is 1.87. The number of nitrogens with two attached hydrogens (primary N) is 1. The summed E-state index contributed by atoms with van der Waals surface area (Å²) in [6.07, 6.45) is 6.68. The van der Waals surface area contributed by atoms with Gasteiger partial charge in [0.25, 0.3) is 5.91 Å². The van der Waals surface area contributed by atoms with Crippen molar-refractivity contribution in [1.82, 2.24) is 4.98 Å². The number of ether oxygens (including phenoxy) is 1. The lowest BCUT2D eigenvalue weighted by Gasteiger charge is -2.37. The van der Waals surface area contributed by atoms with Gasteiger partial charge in [-0.05, 0) is 18.9 Å². The third-order valence-electron chi connectivity index (χ3n) is 3.18. The predicted octanol–water partition coefficient (Wildman–Crippen LogP) is 1.75. The maximum Gasteiger partial charge on any atom is 0.254 e. The Bertz CT molecular complexity index is 400. The number of hydrogen-bond acceptors (Lipinski definition) is 3. The van der Waals surface area contributed by atoms with E-state index in [2.05, 4.69) is 11.9 Å². The summed E-state index contributed by atoms with van der Waals surface area (Å²) in [5.41, 5.74) is 5.86. The Morgan fingerprint density at radius 1 is 1.62 bits per heavy atom. The highest BCUT2D eigenvalue weighted by Crippen LogP contribution is 2.40. The minimum Gasteiger partial charge on any atom is -0.492 e. The van der Waals surface area contributed by atoms with Crippen LogP contribution in [0.5, 0.6) is 5.75 Å². The number of primary amides is 1. The fourth-order valence-corrected chi connectivity index (χ4v) is 1.87. The van der Waals surface area contributed by atoms with Gasteiger partial charge in [-0.3, -0.25) is 9.78 Å². The van der Waals surface area contributed by atoms with Crippen molar-refractivity contribution in [3.8, 4) is 5.75 Å². The van der Waals surface area contributed by atoms with Crippen LogP contribution in [0.25, 0.3) is 0 Å². The first kappa shape index (κ1) is 10.9. The summed E-state index contributed by atoms with van der Waals surface area (Å²) in [5.74, 6) is 0.0393. The lowest BCUT2D eigenvalue weighted by molar-refractivity contribution is 0.0760. The zero-order valence-corrected chi connectivity index (χ0v) is 9.40. The lowest BCUT2D eigenvalue weighted by Crippen LogP contribution is -2.32. The molecule has 0 atom stereocenters. The molecule has 16 heavy (non-hydrogen) atoms. The van der Waals surface area contributed by atoms with Crippen molar-refractivity contribution >= 4 is 5.91 Å². The molecule has 1 amide bonds. The lowest BCUT2D eigenvalue weighted by atomic mass is 9.71. The minimum absolute atomic E-state index is 0.262. The molecule has 1 aromatic heterocycles. The van der Waals surface area contributed by atoms with Gasteiger partial charge in [-0.2, -0.15) is 0 Å². The van der Waals surface area contributed by atoms with Gasteiger partial charge in [0.05, 0.1) is 12.2 Å². The van der Waals surface area contributed by atoms with E-state index < -0.39 is 5.91 Å². The van der Waals surface area contributed by atoms with Gasteiger partial charge in [-0.15, -0.1) is 0 Å². The van der Waals surface area contributed by atoms with E-state index in [4.69, 9.17) is 10.5 Å². The number of rotatable bonds is 4. The van der Waals surface area contributed by atoms with E-state index >= 15 is 0 Å². The molecular weight excluding hydrogens is 204 g/mol. The third-order valence-corrected chi connectivity index (χ3v) is 3.18. The zero-order valence-electron chi connectivity index (χ0n) is 9.40. The van der Waals surface area contributed by atoms with Crippen LogP contribution in [0, 0.1) is 5.41 Å². The van der Waals surface area contributed by atoms with E-state index in [9.17, 15) is 4.79 Å². The normalized spacial score (nSPS) is 17.6. The highest BCUT2D eigenvalue weighted by Gasteiger charge is 2.32. The summed E-state index contributed by atoms with van der Waals surface area (Å²) in [6, 6.07) is 1.68. The second kappa shape index (κ2) is 4.12. The van der Waals surface area contributed by atoms with Crippen LogP contribution in [0.1, 0.15) is 36.5 Å². The molecule has 1 aliphatic rings. The summed E-state index contributed by atoms with van der Waals surface area (Å²) in [6.45, 7) is 2.83. The first-order chi connectivity index (χ1) is 7.61. The molecule has 1 aliphatic carbocycles. The number of hydrogen-bond donors (Lipinski definition) is 1. The molecule has 86 valence electrons. The quantitative estimate of drug-likeness (QED) is 0.840. The Hall–Kier alpha value is -1.58. The Balaban J connectivity index is 2.06. The van der Waals surface area contributed by atoms with Gasteiger partial charge in [-0.25, -0.2) is 0 Å². The Kier molecular flexibility index (Phi) is 2.81. The van der Waals surface area contributed by atoms with Crippen LogP contribution in [-0.2, 0) is 0 Å². The molecule has 2 N–H and O–H groups in total. The fraction of sp³-hybridized carbons (Fsp3) is 0.500. The van der Waals surface area contributed by atoms with Crippen molar-refractivity contribution in [3.63, 3.8) is 0 Å². The maximum absolute atomic E-state index is 11.1. The van der Waals surface area contributed by atoms with Crippen LogP contribution in [0.2, 0.25) is 0 Å². The topological polar surface area (TPSA) is 65.2 Å². The largest absolute Gasteiger partial charge is 0.492 e. The third kappa shape index (κ3) is 2.15. The van der Waals surface area contributed by atoms with E-state index in [1.165, 1.54) is 25.5 Å². The van der Waals surface area contributed by atoms with Crippen molar-refractivity contribution in [3.05, 3.63) is 24.0 Å². The molecule has 0 aromatic carbocycles. The molecule has 1 fully saturated rings. The second-order valence-corrected chi connectivity index (χ2v) is 4.69. The summed E-state index contributed by atoms with van der Waals surface area (Å²) in [5, 5.41) is 0. The Morgan fingerprint density at radius 3 is 2.94 bits per heavy atom. The number of pyridine rings is 1. The molecule has 2 rings (SSSR count). The first-order valence-electron chi connectivity index (χ1n) is 5.47. The first-order valence-corrected chi connectivity index (χ1v) is 5.47. The molecule has 4 nitrogen and oxygen atoms in total. The van der Waals surface area contributed by atoms with Gasteiger partial charge < -0.3 is 10.5 Å². The van der Waals surface area contributed by atoms with Crippen LogP contribution in [-0.4, -0.2) is 17.5 Å². The van der Waals surface area contributed by atoms with E-state index in [0.29, 0.717) is 17.9 Å². The molecule has 4 heteroatoms. The smallest absolute Gasteiger partial charge is 0.254 e. The van der Waals surface area contributed by atoms with Gasteiger partial charge in [-0.1, -0.05) is 13.3 Å². The molecule has 0 aliphatic heterocycles. The molecule has 1 heterocycles. The van der Waals surface area contributed by atoms with Crippen LogP contribution >= 0.6 is 0 Å². The average molecular weight is 220 g/mol. The monoisotopic (exact) mass is 220 g/mol. The van der Waals surface area contributed by atoms with Crippen molar-refractivity contribution in [1.29, 1.82) is 0 Å². The Morgan fingerprint density at radius 2 is 2.38 bits per heavy atom. The summed E-state index contributed by atoms with van der Waals surface area (Å²) < 4.78 is 5.66. The van der Waals surface area contributed by atoms with Crippen molar-refractivity contribution in [2.75, 3.05) is 6.61 Å². The highest BCUT2D eigenvalue weighted by molar-refractivity contribution is 5.95. The molecule has 0 saturated heterocycles. The number of carbonyl (C=O) groups excluding carboxylic acids is 1. The van der Waals surface area contributed by atoms with Gasteiger partial charge in [0.2, 0.25) is 0 Å². The Labute approximate surface area is 94.8 Å². The van der Waals surface area contributed by atoms with Crippen LogP contribution < -0.4 is 10.5 Å². The average Bonchev–Trinajstić information content (AvgIpc) is 2.24. The van der Waals surface area contributed by atoms with Crippen molar-refractivity contribution in [2.24, 2.45) is 11.1 Å². The number of nitrogens with zero attached hydrogens (tertiary/aromatic N) is 1. The minimum atomic E-state index is -0.498. The van der Waals surface area contributed by atoms with Gasteiger partial charge in [0.15, 0.2) is 0 Å². The SMILES string of the molecule is CC1(COc2ccncc2C(N)=O)CCC1.